The van der Waals surface area contributed by atoms with Crippen molar-refractivity contribution in [2.75, 3.05) is 4.90 Å². The van der Waals surface area contributed by atoms with Gasteiger partial charge in [-0.2, -0.15) is 13.9 Å². The van der Waals surface area contributed by atoms with Gasteiger partial charge < -0.3 is 0 Å². The molecule has 1 aromatic carbocycles. The first kappa shape index (κ1) is 23.7. The highest BCUT2D eigenvalue weighted by molar-refractivity contribution is 6.00. The number of aryl methyl sites for hydroxylation is 1. The van der Waals surface area contributed by atoms with Crippen LogP contribution in [0.15, 0.2) is 54.9 Å². The van der Waals surface area contributed by atoms with Crippen molar-refractivity contribution in [1.29, 1.82) is 0 Å². The van der Waals surface area contributed by atoms with E-state index in [0.717, 1.165) is 29.3 Å². The standard InChI is InChI=1S/C27H26F2N6O/c1-16(2)24-21(6-5-11-30-24)25-31-14-19-13-23(36)34(26(19)32-25)15-18-7-9-20(10-8-18)35-17(3)12-22(33-35)27(4,28)29/h5-12,14,16H,13,15H2,1-4H3. The molecular weight excluding hydrogens is 462 g/mol. The topological polar surface area (TPSA) is 76.8 Å². The summed E-state index contributed by atoms with van der Waals surface area (Å²) in [6.07, 6.45) is 3.72. The van der Waals surface area contributed by atoms with Crippen LogP contribution in [0.2, 0.25) is 0 Å². The van der Waals surface area contributed by atoms with Gasteiger partial charge in [0.05, 0.1) is 24.3 Å². The van der Waals surface area contributed by atoms with Gasteiger partial charge in [-0.05, 0) is 48.7 Å². The lowest BCUT2D eigenvalue weighted by atomic mass is 10.0. The first-order valence-electron chi connectivity index (χ1n) is 11.8. The number of fused-ring (bicyclic) bond motifs is 1. The van der Waals surface area contributed by atoms with Gasteiger partial charge in [0, 0.05) is 36.1 Å². The number of aromatic nitrogens is 5. The Labute approximate surface area is 207 Å². The summed E-state index contributed by atoms with van der Waals surface area (Å²) in [4.78, 5) is 28.3. The molecule has 1 aliphatic rings. The third kappa shape index (κ3) is 4.36. The van der Waals surface area contributed by atoms with Crippen LogP contribution in [0.1, 0.15) is 54.9 Å². The van der Waals surface area contributed by atoms with E-state index in [1.165, 1.54) is 10.7 Å². The van der Waals surface area contributed by atoms with Crippen LogP contribution in [-0.2, 0) is 23.7 Å². The van der Waals surface area contributed by atoms with Crippen LogP contribution in [0, 0.1) is 6.92 Å². The van der Waals surface area contributed by atoms with Crippen LogP contribution in [0.5, 0.6) is 0 Å². The van der Waals surface area contributed by atoms with Crippen molar-refractivity contribution in [2.45, 2.75) is 52.5 Å². The lowest BCUT2D eigenvalue weighted by Crippen LogP contribution is -2.26. The second kappa shape index (κ2) is 8.89. The second-order valence-electron chi connectivity index (χ2n) is 9.43. The molecule has 0 atom stereocenters. The van der Waals surface area contributed by atoms with Gasteiger partial charge in [-0.1, -0.05) is 26.0 Å². The molecule has 0 unspecified atom stereocenters. The number of anilines is 1. The molecule has 36 heavy (non-hydrogen) atoms. The van der Waals surface area contributed by atoms with E-state index in [-0.39, 0.29) is 23.9 Å². The number of amides is 1. The Balaban J connectivity index is 1.42. The van der Waals surface area contributed by atoms with Crippen LogP contribution in [0.4, 0.5) is 14.6 Å². The van der Waals surface area contributed by atoms with Crippen LogP contribution in [0.3, 0.4) is 0 Å². The van der Waals surface area contributed by atoms with Crippen molar-refractivity contribution in [1.82, 2.24) is 24.7 Å². The Hall–Kier alpha value is -4.01. The molecule has 5 rings (SSSR count). The molecule has 0 bridgehead atoms. The highest BCUT2D eigenvalue weighted by Crippen LogP contribution is 2.32. The minimum atomic E-state index is -3.01. The molecule has 184 valence electrons. The number of nitrogens with zero attached hydrogens (tertiary/aromatic N) is 6. The van der Waals surface area contributed by atoms with Crippen molar-refractivity contribution in [3.05, 3.63) is 83.1 Å². The van der Waals surface area contributed by atoms with E-state index in [2.05, 4.69) is 28.9 Å². The minimum Gasteiger partial charge on any atom is -0.292 e. The van der Waals surface area contributed by atoms with E-state index in [1.54, 1.807) is 24.2 Å². The normalized spacial score (nSPS) is 13.5. The van der Waals surface area contributed by atoms with Gasteiger partial charge in [-0.3, -0.25) is 14.7 Å². The molecule has 4 aromatic rings. The van der Waals surface area contributed by atoms with Crippen molar-refractivity contribution >= 4 is 11.7 Å². The molecule has 9 heteroatoms. The highest BCUT2D eigenvalue weighted by Gasteiger charge is 2.31. The molecule has 4 heterocycles. The van der Waals surface area contributed by atoms with E-state index in [4.69, 9.17) is 4.98 Å². The van der Waals surface area contributed by atoms with Crippen LogP contribution >= 0.6 is 0 Å². The molecule has 1 amide bonds. The van der Waals surface area contributed by atoms with Crippen LogP contribution in [-0.4, -0.2) is 30.6 Å². The van der Waals surface area contributed by atoms with Crippen molar-refractivity contribution < 1.29 is 13.6 Å². The van der Waals surface area contributed by atoms with Gasteiger partial charge in [0.2, 0.25) is 5.91 Å². The molecule has 1 aliphatic heterocycles. The number of hydrogen-bond donors (Lipinski definition) is 0. The zero-order chi connectivity index (χ0) is 25.6. The molecule has 7 nitrogen and oxygen atoms in total. The quantitative estimate of drug-likeness (QED) is 0.365. The first-order valence-corrected chi connectivity index (χ1v) is 11.8. The molecular formula is C27H26F2N6O. The average molecular weight is 489 g/mol. The van der Waals surface area contributed by atoms with Gasteiger partial charge in [0.15, 0.2) is 5.82 Å². The van der Waals surface area contributed by atoms with Gasteiger partial charge in [0.1, 0.15) is 11.5 Å². The fraction of sp³-hybridized carbons (Fsp3) is 0.296. The van der Waals surface area contributed by atoms with Gasteiger partial charge >= 0.3 is 0 Å². The van der Waals surface area contributed by atoms with E-state index >= 15 is 0 Å². The smallest absolute Gasteiger partial charge is 0.288 e. The van der Waals surface area contributed by atoms with E-state index in [1.807, 2.05) is 36.4 Å². The van der Waals surface area contributed by atoms with Gasteiger partial charge in [-0.15, -0.1) is 0 Å². The van der Waals surface area contributed by atoms with Crippen LogP contribution in [0.25, 0.3) is 17.1 Å². The summed E-state index contributed by atoms with van der Waals surface area (Å²) in [6.45, 7) is 7.04. The lowest BCUT2D eigenvalue weighted by molar-refractivity contribution is -0.117. The number of benzene rings is 1. The lowest BCUT2D eigenvalue weighted by Gasteiger charge is -2.18. The maximum atomic E-state index is 13.7. The fourth-order valence-corrected chi connectivity index (χ4v) is 4.37. The molecule has 0 radical (unpaired) electrons. The predicted molar refractivity (Wildman–Crippen MR) is 132 cm³/mol. The Kier molecular flexibility index (Phi) is 5.86. The summed E-state index contributed by atoms with van der Waals surface area (Å²) < 4.78 is 28.9. The van der Waals surface area contributed by atoms with Gasteiger partial charge in [-0.25, -0.2) is 14.6 Å². The van der Waals surface area contributed by atoms with Crippen molar-refractivity contribution in [2.24, 2.45) is 0 Å². The monoisotopic (exact) mass is 488 g/mol. The number of hydrogen-bond acceptors (Lipinski definition) is 5. The summed E-state index contributed by atoms with van der Waals surface area (Å²) in [5.41, 5.74) is 4.44. The minimum absolute atomic E-state index is 0.0477. The Bertz CT molecular complexity index is 1440. The largest absolute Gasteiger partial charge is 0.292 e. The third-order valence-electron chi connectivity index (χ3n) is 6.23. The summed E-state index contributed by atoms with van der Waals surface area (Å²) in [7, 11) is 0. The Morgan fingerprint density at radius 3 is 2.53 bits per heavy atom. The Morgan fingerprint density at radius 1 is 1.11 bits per heavy atom. The third-order valence-corrected chi connectivity index (χ3v) is 6.23. The van der Waals surface area contributed by atoms with E-state index in [0.29, 0.717) is 29.6 Å². The highest BCUT2D eigenvalue weighted by atomic mass is 19.3. The predicted octanol–water partition coefficient (Wildman–Crippen LogP) is 5.36. The molecule has 3 aromatic heterocycles. The SMILES string of the molecule is Cc1cc(C(C)(F)F)nn1-c1ccc(CN2C(=O)Cc3cnc(-c4cccnc4C(C)C)nc32)cc1. The maximum absolute atomic E-state index is 13.7. The van der Waals surface area contributed by atoms with Crippen molar-refractivity contribution in [3.8, 4) is 17.1 Å². The molecule has 0 aliphatic carbocycles. The number of pyridine rings is 1. The fourth-order valence-electron chi connectivity index (χ4n) is 4.37. The summed E-state index contributed by atoms with van der Waals surface area (Å²) in [5.74, 6) is -1.71. The Morgan fingerprint density at radius 2 is 1.86 bits per heavy atom. The van der Waals surface area contributed by atoms with Crippen molar-refractivity contribution in [3.63, 3.8) is 0 Å². The zero-order valence-corrected chi connectivity index (χ0v) is 20.5. The number of halogens is 2. The average Bonchev–Trinajstić information content (AvgIpc) is 3.39. The number of alkyl halides is 2. The van der Waals surface area contributed by atoms with E-state index in [9.17, 15) is 13.6 Å². The number of carbonyl (C=O) groups excluding carboxylic acids is 1. The summed E-state index contributed by atoms with van der Waals surface area (Å²) >= 11 is 0. The molecule has 0 fully saturated rings. The van der Waals surface area contributed by atoms with Gasteiger partial charge in [0.25, 0.3) is 5.92 Å². The first-order chi connectivity index (χ1) is 17.1. The van der Waals surface area contributed by atoms with Crippen LogP contribution < -0.4 is 4.90 Å². The molecule has 0 saturated carbocycles. The second-order valence-corrected chi connectivity index (χ2v) is 9.43. The summed E-state index contributed by atoms with van der Waals surface area (Å²) in [6, 6.07) is 12.5. The number of rotatable bonds is 6. The summed E-state index contributed by atoms with van der Waals surface area (Å²) in [5, 5.41) is 4.06. The molecule has 0 spiro atoms. The molecule has 0 saturated heterocycles. The van der Waals surface area contributed by atoms with E-state index < -0.39 is 5.92 Å². The maximum Gasteiger partial charge on any atom is 0.288 e. The zero-order valence-electron chi connectivity index (χ0n) is 20.5. The molecule has 0 N–H and O–H groups in total. The number of carbonyl (C=O) groups is 1.